The number of anilines is 1. The largest absolute Gasteiger partial charge is 0.361 e. The average Bonchev–Trinajstić information content (AvgIpc) is 3.48. The first-order chi connectivity index (χ1) is 23.1. The Labute approximate surface area is 292 Å². The van der Waals surface area contributed by atoms with Gasteiger partial charge in [0.2, 0.25) is 11.8 Å². The van der Waals surface area contributed by atoms with E-state index in [-0.39, 0.29) is 23.6 Å². The molecule has 10 heteroatoms. The fraction of sp³-hybridized carbons (Fsp3) is 0.395. The number of para-hydroxylation sites is 1. The van der Waals surface area contributed by atoms with Crippen LogP contribution in [-0.4, -0.2) is 78.8 Å². The highest BCUT2D eigenvalue weighted by Gasteiger charge is 2.34. The molecular formula is C38H43Cl2N5O3. The molecule has 3 aromatic carbocycles. The fourth-order valence-corrected chi connectivity index (χ4v) is 7.68. The Kier molecular flexibility index (Phi) is 10.7. The third-order valence-corrected chi connectivity index (χ3v) is 10.1. The summed E-state index contributed by atoms with van der Waals surface area (Å²) in [4.78, 5) is 50.3. The lowest BCUT2D eigenvalue weighted by Gasteiger charge is -2.37. The first kappa shape index (κ1) is 34.0. The Morgan fingerprint density at radius 1 is 0.958 bits per heavy atom. The van der Waals surface area contributed by atoms with E-state index in [0.29, 0.717) is 60.4 Å². The summed E-state index contributed by atoms with van der Waals surface area (Å²) in [5, 5.41) is 5.39. The van der Waals surface area contributed by atoms with Crippen LogP contribution in [0.3, 0.4) is 0 Å². The average molecular weight is 689 g/mol. The van der Waals surface area contributed by atoms with Crippen molar-refractivity contribution in [1.29, 1.82) is 0 Å². The lowest BCUT2D eigenvalue weighted by Crippen LogP contribution is -2.53. The molecule has 3 amide bonds. The van der Waals surface area contributed by atoms with Crippen LogP contribution in [0.2, 0.25) is 10.0 Å². The van der Waals surface area contributed by atoms with Crippen molar-refractivity contribution in [3.8, 4) is 0 Å². The molecule has 8 nitrogen and oxygen atoms in total. The number of H-pyrrole nitrogens is 1. The molecule has 0 aliphatic carbocycles. The van der Waals surface area contributed by atoms with Crippen molar-refractivity contribution >= 4 is 57.5 Å². The van der Waals surface area contributed by atoms with Crippen molar-refractivity contribution in [2.45, 2.75) is 44.6 Å². The predicted molar refractivity (Wildman–Crippen MR) is 193 cm³/mol. The summed E-state index contributed by atoms with van der Waals surface area (Å²) in [6.45, 7) is 2.69. The van der Waals surface area contributed by atoms with Crippen molar-refractivity contribution in [1.82, 2.24) is 20.1 Å². The quantitative estimate of drug-likeness (QED) is 0.197. The molecule has 1 saturated heterocycles. The molecule has 0 saturated carbocycles. The van der Waals surface area contributed by atoms with Crippen LogP contribution < -0.4 is 10.2 Å². The number of rotatable bonds is 10. The lowest BCUT2D eigenvalue weighted by atomic mass is 9.90. The van der Waals surface area contributed by atoms with E-state index >= 15 is 0 Å². The molecule has 2 atom stereocenters. The van der Waals surface area contributed by atoms with Gasteiger partial charge < -0.3 is 25.0 Å². The molecule has 0 spiro atoms. The minimum atomic E-state index is -0.740. The number of likely N-dealkylation sites (tertiary alicyclic amines) is 1. The Balaban J connectivity index is 1.14. The molecule has 0 radical (unpaired) electrons. The van der Waals surface area contributed by atoms with Crippen LogP contribution in [0, 0.1) is 11.8 Å². The van der Waals surface area contributed by atoms with Crippen LogP contribution in [0.25, 0.3) is 10.9 Å². The van der Waals surface area contributed by atoms with Crippen LogP contribution in [0.4, 0.5) is 5.69 Å². The number of benzene rings is 3. The van der Waals surface area contributed by atoms with Gasteiger partial charge in [0.15, 0.2) is 0 Å². The van der Waals surface area contributed by atoms with Crippen LogP contribution in [0.15, 0.2) is 72.9 Å². The summed E-state index contributed by atoms with van der Waals surface area (Å²) in [5.41, 5.74) is 4.48. The van der Waals surface area contributed by atoms with E-state index in [0.717, 1.165) is 53.5 Å². The van der Waals surface area contributed by atoms with E-state index in [4.69, 9.17) is 23.2 Å². The Bertz CT molecular complexity index is 1780. The highest BCUT2D eigenvalue weighted by Crippen LogP contribution is 2.33. The monoisotopic (exact) mass is 687 g/mol. The van der Waals surface area contributed by atoms with E-state index in [1.807, 2.05) is 72.6 Å². The van der Waals surface area contributed by atoms with Gasteiger partial charge in [-0.3, -0.25) is 14.4 Å². The number of halogens is 2. The molecule has 252 valence electrons. The highest BCUT2D eigenvalue weighted by atomic mass is 35.5. The fourth-order valence-electron chi connectivity index (χ4n) is 7.30. The number of nitrogens with one attached hydrogen (secondary N) is 2. The van der Waals surface area contributed by atoms with E-state index in [1.54, 1.807) is 24.3 Å². The van der Waals surface area contributed by atoms with Gasteiger partial charge in [-0.1, -0.05) is 47.5 Å². The zero-order chi connectivity index (χ0) is 33.8. The van der Waals surface area contributed by atoms with Gasteiger partial charge in [0, 0.05) is 77.4 Å². The smallest absolute Gasteiger partial charge is 0.253 e. The topological polar surface area (TPSA) is 88.8 Å². The van der Waals surface area contributed by atoms with Gasteiger partial charge in [-0.25, -0.2) is 0 Å². The molecule has 1 fully saturated rings. The molecule has 0 unspecified atom stereocenters. The minimum absolute atomic E-state index is 0.0123. The standard InChI is InChI=1S/C38H43Cl2N5O3/c1-43(2)23-26-18-28-20-31(40)11-12-35(28)45(24-26)38(48)34(21-29-22-41-33-9-4-3-8-32(29)33)42-36(46)13-10-25-14-16-44(17-15-25)37(47)27-6-5-7-30(39)19-27/h3-9,11-12,19-20,22,25-26,34,41H,10,13-18,21,23-24H2,1-2H3,(H,42,46)/t26-,34+/m0/s1. The van der Waals surface area contributed by atoms with Crippen LogP contribution in [-0.2, 0) is 22.4 Å². The zero-order valence-electron chi connectivity index (χ0n) is 27.6. The van der Waals surface area contributed by atoms with Crippen LogP contribution in [0.5, 0.6) is 0 Å². The van der Waals surface area contributed by atoms with Gasteiger partial charge in [-0.15, -0.1) is 0 Å². The first-order valence-electron chi connectivity index (χ1n) is 16.8. The zero-order valence-corrected chi connectivity index (χ0v) is 29.1. The number of amides is 3. The van der Waals surface area contributed by atoms with Gasteiger partial charge >= 0.3 is 0 Å². The third kappa shape index (κ3) is 8.05. The van der Waals surface area contributed by atoms with Gasteiger partial charge in [0.05, 0.1) is 0 Å². The summed E-state index contributed by atoms with van der Waals surface area (Å²) < 4.78 is 0. The Morgan fingerprint density at radius 2 is 1.73 bits per heavy atom. The number of fused-ring (bicyclic) bond motifs is 2. The summed E-state index contributed by atoms with van der Waals surface area (Å²) in [6.07, 6.45) is 5.83. The second-order valence-corrected chi connectivity index (χ2v) is 14.4. The van der Waals surface area contributed by atoms with Gasteiger partial charge in [-0.05, 0) is 105 Å². The van der Waals surface area contributed by atoms with Gasteiger partial charge in [0.25, 0.3) is 5.91 Å². The van der Waals surface area contributed by atoms with Crippen molar-refractivity contribution in [3.05, 3.63) is 99.7 Å². The molecule has 2 aliphatic rings. The van der Waals surface area contributed by atoms with Gasteiger partial charge in [0.1, 0.15) is 6.04 Å². The van der Waals surface area contributed by atoms with Crippen molar-refractivity contribution < 1.29 is 14.4 Å². The molecule has 1 aromatic heterocycles. The molecule has 0 bridgehead atoms. The molecule has 48 heavy (non-hydrogen) atoms. The molecule has 6 rings (SSSR count). The molecule has 3 heterocycles. The van der Waals surface area contributed by atoms with E-state index < -0.39 is 6.04 Å². The second kappa shape index (κ2) is 15.1. The molecule has 2 N–H and O–H groups in total. The Morgan fingerprint density at radius 3 is 2.50 bits per heavy atom. The van der Waals surface area contributed by atoms with E-state index in [9.17, 15) is 14.4 Å². The van der Waals surface area contributed by atoms with Crippen LogP contribution >= 0.6 is 23.2 Å². The molecule has 2 aliphatic heterocycles. The maximum Gasteiger partial charge on any atom is 0.253 e. The summed E-state index contributed by atoms with van der Waals surface area (Å²) >= 11 is 12.5. The van der Waals surface area contributed by atoms with Crippen LogP contribution in [0.1, 0.15) is 47.2 Å². The number of nitrogens with zero attached hydrogens (tertiary/aromatic N) is 3. The normalized spacial score (nSPS) is 17.4. The lowest BCUT2D eigenvalue weighted by molar-refractivity contribution is -0.127. The van der Waals surface area contributed by atoms with Crippen molar-refractivity contribution in [3.63, 3.8) is 0 Å². The number of carbonyl (C=O) groups is 3. The number of carbonyl (C=O) groups excluding carboxylic acids is 3. The first-order valence-corrected chi connectivity index (χ1v) is 17.5. The maximum atomic E-state index is 14.5. The number of hydrogen-bond acceptors (Lipinski definition) is 4. The summed E-state index contributed by atoms with van der Waals surface area (Å²) in [6, 6.07) is 20.0. The second-order valence-electron chi connectivity index (χ2n) is 13.5. The summed E-state index contributed by atoms with van der Waals surface area (Å²) in [7, 11) is 4.08. The number of hydrogen-bond donors (Lipinski definition) is 2. The Hall–Kier alpha value is -3.85. The highest BCUT2D eigenvalue weighted by molar-refractivity contribution is 6.31. The van der Waals surface area contributed by atoms with E-state index in [1.165, 1.54) is 0 Å². The summed E-state index contributed by atoms with van der Waals surface area (Å²) in [5.74, 6) is 0.294. The number of aromatic amines is 1. The van der Waals surface area contributed by atoms with E-state index in [2.05, 4.69) is 15.2 Å². The third-order valence-electron chi connectivity index (χ3n) is 9.66. The molecular weight excluding hydrogens is 645 g/mol. The number of aromatic nitrogens is 1. The predicted octanol–water partition coefficient (Wildman–Crippen LogP) is 6.60. The SMILES string of the molecule is CN(C)C[C@@H]1Cc2cc(Cl)ccc2N(C(=O)[C@@H](Cc2c[nH]c3ccccc23)NC(=O)CCC2CCN(C(=O)c3cccc(Cl)c3)CC2)C1. The number of piperidine rings is 1. The van der Waals surface area contributed by atoms with Gasteiger partial charge in [-0.2, -0.15) is 0 Å². The maximum absolute atomic E-state index is 14.5. The molecule has 4 aromatic rings. The van der Waals surface area contributed by atoms with Crippen molar-refractivity contribution in [2.75, 3.05) is 45.2 Å². The minimum Gasteiger partial charge on any atom is -0.361 e. The van der Waals surface area contributed by atoms with Crippen molar-refractivity contribution in [2.24, 2.45) is 11.8 Å².